The molecule has 182 valence electrons. The third-order valence-electron chi connectivity index (χ3n) is 6.11. The number of benzene rings is 1. The molecule has 0 spiro atoms. The molecule has 3 aromatic rings. The van der Waals surface area contributed by atoms with Crippen molar-refractivity contribution in [3.63, 3.8) is 0 Å². The number of nitrogens with zero attached hydrogens (tertiary/aromatic N) is 5. The highest BCUT2D eigenvalue weighted by atomic mass is 35.5. The molecule has 3 unspecified atom stereocenters. The van der Waals surface area contributed by atoms with Gasteiger partial charge in [0.2, 0.25) is 5.95 Å². The number of anilines is 1. The van der Waals surface area contributed by atoms with Crippen LogP contribution >= 0.6 is 23.5 Å². The Morgan fingerprint density at radius 3 is 2.41 bits per heavy atom. The molecule has 9 nitrogen and oxygen atoms in total. The van der Waals surface area contributed by atoms with Crippen molar-refractivity contribution in [3.05, 3.63) is 47.3 Å². The third-order valence-corrected chi connectivity index (χ3v) is 7.38. The summed E-state index contributed by atoms with van der Waals surface area (Å²) in [6.07, 6.45) is 4.13. The van der Waals surface area contributed by atoms with Gasteiger partial charge in [-0.3, -0.25) is 9.29 Å². The van der Waals surface area contributed by atoms with E-state index < -0.39 is 0 Å². The number of hydrogen-bond acceptors (Lipinski definition) is 9. The molecule has 4 rings (SSSR count). The van der Waals surface area contributed by atoms with Gasteiger partial charge in [-0.25, -0.2) is 9.97 Å². The van der Waals surface area contributed by atoms with Crippen LogP contribution in [0.25, 0.3) is 5.69 Å². The highest BCUT2D eigenvalue weighted by molar-refractivity contribution is 8.01. The summed E-state index contributed by atoms with van der Waals surface area (Å²) < 4.78 is 22.6. The van der Waals surface area contributed by atoms with Crippen LogP contribution in [0.5, 0.6) is 11.5 Å². The molecule has 4 atom stereocenters. The molecule has 1 aromatic carbocycles. The minimum Gasteiger partial charge on any atom is -0.494 e. The van der Waals surface area contributed by atoms with Gasteiger partial charge in [-0.15, -0.1) is 10.2 Å². The van der Waals surface area contributed by atoms with E-state index in [0.29, 0.717) is 29.1 Å². The molecular formula is C23H29ClN6O3S. The average Bonchev–Trinajstić information content (AvgIpc) is 3.47. The van der Waals surface area contributed by atoms with Crippen molar-refractivity contribution in [3.8, 4) is 17.2 Å². The summed E-state index contributed by atoms with van der Waals surface area (Å²) in [6, 6.07) is 5.69. The molecule has 0 bridgehead atoms. The zero-order chi connectivity index (χ0) is 24.2. The van der Waals surface area contributed by atoms with Crippen LogP contribution in [-0.4, -0.2) is 56.9 Å². The van der Waals surface area contributed by atoms with E-state index in [0.717, 1.165) is 23.8 Å². The fraction of sp³-hybridized carbons (Fsp3) is 0.478. The standard InChI is InChI=1S/C23H29ClN6O3S/c1-13(21-25-11-16(24)12-26-21)15(3)34-29-23-28-27-22(17-9-10-33-14(17)2)30(23)20-18(31-4)7-6-8-19(20)32-5/h6-8,11-15,17H,9-10H2,1-5H3,(H,28,29)/t13?,14-,15?,17?/m1/s1. The minimum absolute atomic E-state index is 0.0326. The molecule has 0 radical (unpaired) electrons. The Balaban J connectivity index is 1.67. The molecule has 1 aliphatic heterocycles. The Hall–Kier alpha value is -2.56. The molecular weight excluding hydrogens is 476 g/mol. The van der Waals surface area contributed by atoms with Crippen molar-refractivity contribution >= 4 is 29.5 Å². The van der Waals surface area contributed by atoms with Crippen LogP contribution < -0.4 is 14.2 Å². The van der Waals surface area contributed by atoms with E-state index in [2.05, 4.69) is 45.7 Å². The van der Waals surface area contributed by atoms with E-state index >= 15 is 0 Å². The predicted molar refractivity (Wildman–Crippen MR) is 133 cm³/mol. The zero-order valence-electron chi connectivity index (χ0n) is 19.9. The molecule has 2 aromatic heterocycles. The number of ether oxygens (including phenoxy) is 3. The quantitative estimate of drug-likeness (QED) is 0.409. The van der Waals surface area contributed by atoms with E-state index in [1.54, 1.807) is 26.6 Å². The van der Waals surface area contributed by atoms with Crippen molar-refractivity contribution in [2.45, 2.75) is 50.4 Å². The summed E-state index contributed by atoms with van der Waals surface area (Å²) >= 11 is 7.47. The summed E-state index contributed by atoms with van der Waals surface area (Å²) in [5.74, 6) is 3.62. The maximum absolute atomic E-state index is 5.94. The van der Waals surface area contributed by atoms with Crippen molar-refractivity contribution in [1.29, 1.82) is 0 Å². The first-order chi connectivity index (χ1) is 16.4. The molecule has 0 aliphatic carbocycles. The Morgan fingerprint density at radius 1 is 1.15 bits per heavy atom. The summed E-state index contributed by atoms with van der Waals surface area (Å²) in [6.45, 7) is 6.95. The van der Waals surface area contributed by atoms with Gasteiger partial charge in [-0.05, 0) is 37.4 Å². The van der Waals surface area contributed by atoms with Crippen LogP contribution in [0.4, 0.5) is 5.95 Å². The van der Waals surface area contributed by atoms with Gasteiger partial charge in [0, 0.05) is 36.1 Å². The number of halogens is 1. The van der Waals surface area contributed by atoms with Gasteiger partial charge >= 0.3 is 0 Å². The van der Waals surface area contributed by atoms with Crippen LogP contribution in [0, 0.1) is 0 Å². The van der Waals surface area contributed by atoms with Crippen molar-refractivity contribution in [2.75, 3.05) is 25.5 Å². The van der Waals surface area contributed by atoms with Crippen molar-refractivity contribution < 1.29 is 14.2 Å². The molecule has 1 saturated heterocycles. The van der Waals surface area contributed by atoms with E-state index in [9.17, 15) is 0 Å². The second-order valence-corrected chi connectivity index (χ2v) is 9.79. The number of para-hydroxylation sites is 1. The number of hydrogen-bond donors (Lipinski definition) is 1. The van der Waals surface area contributed by atoms with E-state index in [1.807, 2.05) is 22.8 Å². The van der Waals surface area contributed by atoms with Gasteiger partial charge in [-0.1, -0.05) is 31.5 Å². The highest BCUT2D eigenvalue weighted by Crippen LogP contribution is 2.40. The predicted octanol–water partition coefficient (Wildman–Crippen LogP) is 4.87. The monoisotopic (exact) mass is 504 g/mol. The number of methoxy groups -OCH3 is 2. The highest BCUT2D eigenvalue weighted by Gasteiger charge is 2.33. The Bertz CT molecular complexity index is 1090. The largest absolute Gasteiger partial charge is 0.494 e. The Labute approximate surface area is 208 Å². The summed E-state index contributed by atoms with van der Waals surface area (Å²) in [5.41, 5.74) is 0.747. The Kier molecular flexibility index (Phi) is 7.80. The van der Waals surface area contributed by atoms with Crippen LogP contribution in [0.2, 0.25) is 5.02 Å². The fourth-order valence-electron chi connectivity index (χ4n) is 3.96. The molecule has 0 amide bonds. The number of rotatable bonds is 9. The normalized spacial score (nSPS) is 19.6. The van der Waals surface area contributed by atoms with Crippen LogP contribution in [0.3, 0.4) is 0 Å². The van der Waals surface area contributed by atoms with Crippen molar-refractivity contribution in [1.82, 2.24) is 24.7 Å². The zero-order valence-corrected chi connectivity index (χ0v) is 21.4. The second-order valence-electron chi connectivity index (χ2n) is 8.17. The topological polar surface area (TPSA) is 96.2 Å². The molecule has 0 saturated carbocycles. The lowest BCUT2D eigenvalue weighted by Crippen LogP contribution is -2.17. The maximum Gasteiger partial charge on any atom is 0.239 e. The first-order valence-corrected chi connectivity index (χ1v) is 12.4. The van der Waals surface area contributed by atoms with E-state index in [4.69, 9.17) is 25.8 Å². The third kappa shape index (κ3) is 4.94. The second kappa shape index (κ2) is 10.8. The first-order valence-electron chi connectivity index (χ1n) is 11.1. The SMILES string of the molecule is COc1cccc(OC)c1-n1c(NSC(C)C(C)c2ncc(Cl)cn2)nnc1C1CCO[C@@H]1C. The van der Waals surface area contributed by atoms with E-state index in [-0.39, 0.29) is 23.2 Å². The summed E-state index contributed by atoms with van der Waals surface area (Å²) in [4.78, 5) is 8.73. The minimum atomic E-state index is 0.0326. The van der Waals surface area contributed by atoms with Gasteiger partial charge in [0.1, 0.15) is 28.8 Å². The molecule has 1 N–H and O–H groups in total. The summed E-state index contributed by atoms with van der Waals surface area (Å²) in [5, 5.41) is 9.72. The molecule has 1 fully saturated rings. The number of aromatic nitrogens is 5. The molecule has 1 aliphatic rings. The summed E-state index contributed by atoms with van der Waals surface area (Å²) in [7, 11) is 3.28. The van der Waals surface area contributed by atoms with Gasteiger partial charge in [0.15, 0.2) is 0 Å². The lowest BCUT2D eigenvalue weighted by atomic mass is 10.0. The Morgan fingerprint density at radius 2 is 1.82 bits per heavy atom. The van der Waals surface area contributed by atoms with Crippen LogP contribution in [0.1, 0.15) is 50.7 Å². The fourth-order valence-corrected chi connectivity index (χ4v) is 4.81. The lowest BCUT2D eigenvalue weighted by molar-refractivity contribution is 0.117. The van der Waals surface area contributed by atoms with Gasteiger partial charge in [0.05, 0.1) is 25.3 Å². The van der Waals surface area contributed by atoms with Crippen LogP contribution in [0.15, 0.2) is 30.6 Å². The van der Waals surface area contributed by atoms with E-state index in [1.165, 1.54) is 11.9 Å². The molecule has 34 heavy (non-hydrogen) atoms. The number of nitrogens with one attached hydrogen (secondary N) is 1. The lowest BCUT2D eigenvalue weighted by Gasteiger charge is -2.22. The smallest absolute Gasteiger partial charge is 0.239 e. The van der Waals surface area contributed by atoms with Gasteiger partial charge in [-0.2, -0.15) is 0 Å². The molecule has 11 heteroatoms. The van der Waals surface area contributed by atoms with Crippen molar-refractivity contribution in [2.24, 2.45) is 0 Å². The maximum atomic E-state index is 5.94. The first kappa shape index (κ1) is 24.6. The molecule has 3 heterocycles. The average molecular weight is 505 g/mol. The van der Waals surface area contributed by atoms with Crippen LogP contribution in [-0.2, 0) is 4.74 Å². The van der Waals surface area contributed by atoms with Gasteiger partial charge < -0.3 is 14.2 Å². The van der Waals surface area contributed by atoms with Gasteiger partial charge in [0.25, 0.3) is 0 Å².